The van der Waals surface area contributed by atoms with Crippen molar-refractivity contribution in [2.75, 3.05) is 26.7 Å². The van der Waals surface area contributed by atoms with Crippen LogP contribution < -0.4 is 0 Å². The van der Waals surface area contributed by atoms with Crippen LogP contribution in [0.25, 0.3) is 0 Å². The largest absolute Gasteiger partial charge is 0.395 e. The molecular formula is C11H23NO. The molecule has 0 saturated carbocycles. The highest BCUT2D eigenvalue weighted by atomic mass is 16.3. The van der Waals surface area contributed by atoms with E-state index < -0.39 is 0 Å². The van der Waals surface area contributed by atoms with E-state index in [-0.39, 0.29) is 6.61 Å². The van der Waals surface area contributed by atoms with Crippen molar-refractivity contribution < 1.29 is 5.11 Å². The molecule has 0 amide bonds. The minimum atomic E-state index is 0.208. The van der Waals surface area contributed by atoms with Crippen LogP contribution in [0.1, 0.15) is 27.7 Å². The third-order valence-corrected chi connectivity index (χ3v) is 1.22. The lowest BCUT2D eigenvalue weighted by atomic mass is 10.2. The van der Waals surface area contributed by atoms with Crippen LogP contribution in [0.5, 0.6) is 0 Å². The highest BCUT2D eigenvalue weighted by Crippen LogP contribution is 1.86. The maximum atomic E-state index is 8.56. The van der Waals surface area contributed by atoms with Gasteiger partial charge in [0.15, 0.2) is 0 Å². The Labute approximate surface area is 82.9 Å². The monoisotopic (exact) mass is 185 g/mol. The molecule has 0 radical (unpaired) electrons. The molecule has 0 aliphatic rings. The minimum absolute atomic E-state index is 0.208. The number of aliphatic hydroxyl groups is 1. The Kier molecular flexibility index (Phi) is 13.2. The zero-order valence-corrected chi connectivity index (χ0v) is 9.59. The Bertz CT molecular complexity index is 144. The van der Waals surface area contributed by atoms with Crippen LogP contribution in [0.15, 0.2) is 0 Å². The smallest absolute Gasteiger partial charge is 0.0599 e. The lowest BCUT2D eigenvalue weighted by molar-refractivity contribution is 0.234. The van der Waals surface area contributed by atoms with Gasteiger partial charge in [-0.2, -0.15) is 0 Å². The zero-order chi connectivity index (χ0) is 10.7. The molecule has 13 heavy (non-hydrogen) atoms. The van der Waals surface area contributed by atoms with Crippen molar-refractivity contribution in [2.45, 2.75) is 27.7 Å². The van der Waals surface area contributed by atoms with Crippen LogP contribution in [0.3, 0.4) is 0 Å². The summed E-state index contributed by atoms with van der Waals surface area (Å²) in [4.78, 5) is 2.00. The fraction of sp³-hybridized carbons (Fsp3) is 0.818. The first kappa shape index (κ1) is 15.0. The molecule has 1 N–H and O–H groups in total. The molecule has 0 rings (SSSR count). The van der Waals surface area contributed by atoms with Gasteiger partial charge in [0.25, 0.3) is 0 Å². The lowest BCUT2D eigenvalue weighted by Gasteiger charge is -2.09. The molecule has 2 nitrogen and oxygen atoms in total. The number of nitrogens with zero attached hydrogens (tertiary/aromatic N) is 1. The summed E-state index contributed by atoms with van der Waals surface area (Å²) < 4.78 is 0. The molecule has 0 aromatic carbocycles. The van der Waals surface area contributed by atoms with Gasteiger partial charge in [0.2, 0.25) is 0 Å². The van der Waals surface area contributed by atoms with Gasteiger partial charge in [-0.15, -0.1) is 0 Å². The summed E-state index contributed by atoms with van der Waals surface area (Å²) in [5, 5.41) is 8.56. The molecule has 0 spiro atoms. The topological polar surface area (TPSA) is 23.5 Å². The van der Waals surface area contributed by atoms with E-state index in [0.29, 0.717) is 12.5 Å². The Morgan fingerprint density at radius 1 is 1.31 bits per heavy atom. The van der Waals surface area contributed by atoms with Crippen LogP contribution in [-0.4, -0.2) is 36.8 Å². The zero-order valence-electron chi connectivity index (χ0n) is 9.59. The first-order valence-electron chi connectivity index (χ1n) is 4.94. The fourth-order valence-electron chi connectivity index (χ4n) is 0.634. The van der Waals surface area contributed by atoms with Gasteiger partial charge in [-0.1, -0.05) is 39.5 Å². The highest BCUT2D eigenvalue weighted by molar-refractivity contribution is 5.02. The minimum Gasteiger partial charge on any atom is -0.395 e. The summed E-state index contributed by atoms with van der Waals surface area (Å²) >= 11 is 0. The molecular weight excluding hydrogens is 162 g/mol. The van der Waals surface area contributed by atoms with Crippen LogP contribution in [-0.2, 0) is 0 Å². The van der Waals surface area contributed by atoms with E-state index in [4.69, 9.17) is 5.11 Å². The summed E-state index contributed by atoms with van der Waals surface area (Å²) in [7, 11) is 1.95. The second-order valence-corrected chi connectivity index (χ2v) is 2.94. The standard InChI is InChI=1S/C9H17NO.C2H6/c1-9(2)5-4-6-10(3)7-8-11;1-2/h9,11H,6-8H2,1-3H3;1-2H3. The first-order chi connectivity index (χ1) is 6.16. The third-order valence-electron chi connectivity index (χ3n) is 1.22. The molecule has 0 unspecified atom stereocenters. The quantitative estimate of drug-likeness (QED) is 0.675. The van der Waals surface area contributed by atoms with Gasteiger partial charge in [-0.3, -0.25) is 4.90 Å². The second kappa shape index (κ2) is 11.5. The van der Waals surface area contributed by atoms with Crippen molar-refractivity contribution in [1.82, 2.24) is 4.90 Å². The number of likely N-dealkylation sites (N-methyl/N-ethyl adjacent to an activating group) is 1. The first-order valence-corrected chi connectivity index (χ1v) is 4.94. The van der Waals surface area contributed by atoms with Gasteiger partial charge in [-0.05, 0) is 7.05 Å². The molecule has 78 valence electrons. The number of hydrogen-bond donors (Lipinski definition) is 1. The number of aliphatic hydroxyl groups excluding tert-OH is 1. The summed E-state index contributed by atoms with van der Waals surface area (Å²) in [6.45, 7) is 9.80. The molecule has 0 saturated heterocycles. The number of hydrogen-bond acceptors (Lipinski definition) is 2. The van der Waals surface area contributed by atoms with E-state index in [1.165, 1.54) is 0 Å². The molecule has 0 aliphatic carbocycles. The van der Waals surface area contributed by atoms with Crippen LogP contribution in [0.4, 0.5) is 0 Å². The fourth-order valence-corrected chi connectivity index (χ4v) is 0.634. The predicted octanol–water partition coefficient (Wildman–Crippen LogP) is 1.60. The summed E-state index contributed by atoms with van der Waals surface area (Å²) in [5.41, 5.74) is 0. The van der Waals surface area contributed by atoms with Crippen molar-refractivity contribution in [2.24, 2.45) is 5.92 Å². The molecule has 0 atom stereocenters. The molecule has 0 aromatic rings. The average Bonchev–Trinajstić information content (AvgIpc) is 2.08. The van der Waals surface area contributed by atoms with E-state index in [1.807, 2.05) is 25.8 Å². The number of rotatable bonds is 3. The molecule has 2 heteroatoms. The maximum absolute atomic E-state index is 8.56. The van der Waals surface area contributed by atoms with Gasteiger partial charge < -0.3 is 5.11 Å². The van der Waals surface area contributed by atoms with Crippen molar-refractivity contribution >= 4 is 0 Å². The molecule has 0 fully saturated rings. The molecule has 0 bridgehead atoms. The molecule has 0 aliphatic heterocycles. The normalized spacial score (nSPS) is 8.92. The summed E-state index contributed by atoms with van der Waals surface area (Å²) in [5.74, 6) is 6.54. The summed E-state index contributed by atoms with van der Waals surface area (Å²) in [6.07, 6.45) is 0. The van der Waals surface area contributed by atoms with Crippen LogP contribution in [0, 0.1) is 17.8 Å². The van der Waals surface area contributed by atoms with Gasteiger partial charge in [0.05, 0.1) is 13.2 Å². The Hall–Kier alpha value is -0.520. The van der Waals surface area contributed by atoms with Gasteiger partial charge in [0, 0.05) is 12.5 Å². The van der Waals surface area contributed by atoms with Crippen molar-refractivity contribution in [3.63, 3.8) is 0 Å². The van der Waals surface area contributed by atoms with Crippen molar-refractivity contribution in [3.8, 4) is 11.8 Å². The maximum Gasteiger partial charge on any atom is 0.0599 e. The Morgan fingerprint density at radius 2 is 1.85 bits per heavy atom. The van der Waals surface area contributed by atoms with Gasteiger partial charge in [-0.25, -0.2) is 0 Å². The second-order valence-electron chi connectivity index (χ2n) is 2.94. The Morgan fingerprint density at radius 3 is 2.23 bits per heavy atom. The van der Waals surface area contributed by atoms with Crippen molar-refractivity contribution in [3.05, 3.63) is 0 Å². The third kappa shape index (κ3) is 14.3. The van der Waals surface area contributed by atoms with E-state index in [9.17, 15) is 0 Å². The lowest BCUT2D eigenvalue weighted by Crippen LogP contribution is -2.22. The van der Waals surface area contributed by atoms with Crippen molar-refractivity contribution in [1.29, 1.82) is 0 Å². The van der Waals surface area contributed by atoms with Crippen LogP contribution in [0.2, 0.25) is 0 Å². The molecule has 0 heterocycles. The Balaban J connectivity index is 0. The average molecular weight is 185 g/mol. The predicted molar refractivity (Wildman–Crippen MR) is 58.5 cm³/mol. The SMILES string of the molecule is CC.CC(C)C#CCN(C)CCO. The van der Waals surface area contributed by atoms with E-state index in [0.717, 1.165) is 6.54 Å². The van der Waals surface area contributed by atoms with E-state index in [2.05, 4.69) is 25.7 Å². The van der Waals surface area contributed by atoms with Crippen LogP contribution >= 0.6 is 0 Å². The summed E-state index contributed by atoms with van der Waals surface area (Å²) in [6, 6.07) is 0. The van der Waals surface area contributed by atoms with E-state index >= 15 is 0 Å². The van der Waals surface area contributed by atoms with E-state index in [1.54, 1.807) is 0 Å². The van der Waals surface area contributed by atoms with Gasteiger partial charge >= 0.3 is 0 Å². The highest BCUT2D eigenvalue weighted by Gasteiger charge is 1.91. The van der Waals surface area contributed by atoms with Gasteiger partial charge in [0.1, 0.15) is 0 Å². The molecule has 0 aromatic heterocycles.